The standard InChI is InChI=1S/C28H34BrN7O3S/c1-4-40(37,38)35-9-8-20(17-35)31-25-24(29)16-30-28-26(25)32-27(33-28)23-14-18(2)36(19(23)3)22-7-5-6-21(15-22)34-10-12-39-13-11-34/h5-7,14-16,20H,4,8-13,17H2,1-3H3,(H2,30,31,32,33). The van der Waals surface area contributed by atoms with Crippen LogP contribution in [0.5, 0.6) is 0 Å². The number of benzene rings is 1. The van der Waals surface area contributed by atoms with E-state index >= 15 is 0 Å². The normalized spacial score (nSPS) is 18.6. The van der Waals surface area contributed by atoms with Crippen molar-refractivity contribution < 1.29 is 13.2 Å². The van der Waals surface area contributed by atoms with Gasteiger partial charge in [0.25, 0.3) is 0 Å². The summed E-state index contributed by atoms with van der Waals surface area (Å²) in [6.07, 6.45) is 2.49. The lowest BCUT2D eigenvalue weighted by Gasteiger charge is -2.29. The third kappa shape index (κ3) is 5.02. The molecule has 212 valence electrons. The van der Waals surface area contributed by atoms with Gasteiger partial charge in [0.15, 0.2) is 5.65 Å². The van der Waals surface area contributed by atoms with Crippen molar-refractivity contribution in [1.82, 2.24) is 23.8 Å². The molecule has 3 aromatic heterocycles. The van der Waals surface area contributed by atoms with Crippen LogP contribution in [0.1, 0.15) is 24.7 Å². The number of H-pyrrole nitrogens is 1. The van der Waals surface area contributed by atoms with E-state index in [-0.39, 0.29) is 11.8 Å². The van der Waals surface area contributed by atoms with E-state index in [1.807, 2.05) is 0 Å². The Morgan fingerprint density at radius 1 is 1.15 bits per heavy atom. The summed E-state index contributed by atoms with van der Waals surface area (Å²) in [7, 11) is -3.21. The van der Waals surface area contributed by atoms with Gasteiger partial charge in [-0.15, -0.1) is 0 Å². The van der Waals surface area contributed by atoms with Crippen LogP contribution in [0.2, 0.25) is 0 Å². The fraction of sp³-hybridized carbons (Fsp3) is 0.429. The van der Waals surface area contributed by atoms with E-state index in [0.29, 0.717) is 18.7 Å². The minimum Gasteiger partial charge on any atom is -0.378 e. The van der Waals surface area contributed by atoms with Gasteiger partial charge in [0, 0.05) is 66.7 Å². The lowest BCUT2D eigenvalue weighted by Crippen LogP contribution is -2.36. The molecule has 0 spiro atoms. The molecule has 2 fully saturated rings. The number of pyridine rings is 1. The number of imidazole rings is 1. The van der Waals surface area contributed by atoms with Crippen LogP contribution in [0.3, 0.4) is 0 Å². The Morgan fingerprint density at radius 2 is 1.93 bits per heavy atom. The topological polar surface area (TPSA) is 108 Å². The number of ether oxygens (including phenoxy) is 1. The summed E-state index contributed by atoms with van der Waals surface area (Å²) in [6.45, 7) is 10.1. The van der Waals surface area contributed by atoms with E-state index in [4.69, 9.17) is 9.72 Å². The van der Waals surface area contributed by atoms with E-state index in [2.05, 4.69) is 84.9 Å². The molecule has 12 heteroatoms. The van der Waals surface area contributed by atoms with Crippen LogP contribution in [0.25, 0.3) is 28.2 Å². The molecule has 0 saturated carbocycles. The van der Waals surface area contributed by atoms with Crippen LogP contribution < -0.4 is 10.2 Å². The molecule has 4 aromatic rings. The fourth-order valence-corrected chi connectivity index (χ4v) is 7.29. The number of aromatic amines is 1. The second-order valence-electron chi connectivity index (χ2n) is 10.4. The summed E-state index contributed by atoms with van der Waals surface area (Å²) >= 11 is 3.63. The zero-order valence-electron chi connectivity index (χ0n) is 22.9. The number of hydrogen-bond acceptors (Lipinski definition) is 7. The van der Waals surface area contributed by atoms with Crippen LogP contribution in [0.15, 0.2) is 41.0 Å². The Morgan fingerprint density at radius 3 is 2.70 bits per heavy atom. The maximum absolute atomic E-state index is 12.4. The molecule has 2 saturated heterocycles. The number of anilines is 2. The van der Waals surface area contributed by atoms with Crippen molar-refractivity contribution in [2.24, 2.45) is 0 Å². The van der Waals surface area contributed by atoms with Gasteiger partial charge >= 0.3 is 0 Å². The number of sulfonamides is 1. The zero-order valence-corrected chi connectivity index (χ0v) is 25.3. The average molecular weight is 629 g/mol. The van der Waals surface area contributed by atoms with Crippen LogP contribution >= 0.6 is 15.9 Å². The maximum Gasteiger partial charge on any atom is 0.213 e. The van der Waals surface area contributed by atoms with Crippen LogP contribution in [0.4, 0.5) is 11.4 Å². The predicted octanol–water partition coefficient (Wildman–Crippen LogP) is 4.47. The molecule has 0 bridgehead atoms. The lowest BCUT2D eigenvalue weighted by molar-refractivity contribution is 0.122. The molecule has 6 rings (SSSR count). The van der Waals surface area contributed by atoms with Gasteiger partial charge in [-0.1, -0.05) is 6.07 Å². The quantitative estimate of drug-likeness (QED) is 0.311. The number of morpholine rings is 1. The molecule has 0 aliphatic carbocycles. The van der Waals surface area contributed by atoms with E-state index in [1.165, 1.54) is 5.69 Å². The van der Waals surface area contributed by atoms with E-state index < -0.39 is 10.0 Å². The SMILES string of the molecule is CCS(=O)(=O)N1CCC(Nc2c(Br)cnc3[nH]c(-c4cc(C)n(-c5cccc(N6CCOCC6)c5)c4C)nc23)C1. The number of rotatable bonds is 7. The summed E-state index contributed by atoms with van der Waals surface area (Å²) in [4.78, 5) is 15.3. The van der Waals surface area contributed by atoms with Crippen molar-refractivity contribution in [3.05, 3.63) is 52.4 Å². The molecule has 1 atom stereocenters. The molecule has 5 heterocycles. The number of halogens is 1. The molecule has 1 unspecified atom stereocenters. The largest absolute Gasteiger partial charge is 0.378 e. The van der Waals surface area contributed by atoms with Gasteiger partial charge in [-0.3, -0.25) is 0 Å². The predicted molar refractivity (Wildman–Crippen MR) is 162 cm³/mol. The molecule has 2 aliphatic rings. The Bertz CT molecular complexity index is 1660. The molecule has 10 nitrogen and oxygen atoms in total. The van der Waals surface area contributed by atoms with Crippen molar-refractivity contribution in [3.8, 4) is 17.1 Å². The van der Waals surface area contributed by atoms with Gasteiger partial charge in [-0.25, -0.2) is 18.4 Å². The lowest BCUT2D eigenvalue weighted by atomic mass is 10.2. The highest BCUT2D eigenvalue weighted by atomic mass is 79.9. The molecule has 0 radical (unpaired) electrons. The fourth-order valence-electron chi connectivity index (χ4n) is 5.73. The zero-order chi connectivity index (χ0) is 28.0. The first-order valence-corrected chi connectivity index (χ1v) is 16.1. The number of aromatic nitrogens is 4. The monoisotopic (exact) mass is 627 g/mol. The number of aryl methyl sites for hydroxylation is 1. The molecule has 0 amide bonds. The third-order valence-electron chi connectivity index (χ3n) is 7.88. The Kier molecular flexibility index (Phi) is 7.36. The summed E-state index contributed by atoms with van der Waals surface area (Å²) in [6, 6.07) is 10.8. The highest BCUT2D eigenvalue weighted by molar-refractivity contribution is 9.10. The molecule has 2 aliphatic heterocycles. The minimum absolute atomic E-state index is 0.00724. The van der Waals surface area contributed by atoms with Crippen molar-refractivity contribution in [2.75, 3.05) is 55.4 Å². The van der Waals surface area contributed by atoms with E-state index in [0.717, 1.165) is 76.9 Å². The molecule has 40 heavy (non-hydrogen) atoms. The molecule has 2 N–H and O–H groups in total. The average Bonchev–Trinajstić information content (AvgIpc) is 3.68. The first-order chi connectivity index (χ1) is 19.2. The van der Waals surface area contributed by atoms with Crippen LogP contribution in [-0.4, -0.2) is 83.4 Å². The molecular weight excluding hydrogens is 594 g/mol. The molecule has 1 aromatic carbocycles. The van der Waals surface area contributed by atoms with Gasteiger partial charge < -0.3 is 24.5 Å². The smallest absolute Gasteiger partial charge is 0.213 e. The van der Waals surface area contributed by atoms with Gasteiger partial charge in [0.2, 0.25) is 10.0 Å². The van der Waals surface area contributed by atoms with Crippen LogP contribution in [0, 0.1) is 13.8 Å². The minimum atomic E-state index is -3.21. The van der Waals surface area contributed by atoms with Gasteiger partial charge in [-0.2, -0.15) is 4.31 Å². The third-order valence-corrected chi connectivity index (χ3v) is 10.3. The summed E-state index contributed by atoms with van der Waals surface area (Å²) < 4.78 is 34.9. The Labute approximate surface area is 242 Å². The number of hydrogen-bond donors (Lipinski definition) is 2. The van der Waals surface area contributed by atoms with Crippen molar-refractivity contribution >= 4 is 48.5 Å². The van der Waals surface area contributed by atoms with E-state index in [1.54, 1.807) is 17.4 Å². The Hall–Kier alpha value is -2.93. The summed E-state index contributed by atoms with van der Waals surface area (Å²) in [5.74, 6) is 0.857. The first kappa shape index (κ1) is 27.3. The maximum atomic E-state index is 12.4. The highest BCUT2D eigenvalue weighted by Gasteiger charge is 2.31. The number of nitrogens with one attached hydrogen (secondary N) is 2. The van der Waals surface area contributed by atoms with E-state index in [9.17, 15) is 8.42 Å². The first-order valence-electron chi connectivity index (χ1n) is 13.7. The van der Waals surface area contributed by atoms with Gasteiger partial charge in [-0.05, 0) is 67.4 Å². The number of nitrogens with zero attached hydrogens (tertiary/aromatic N) is 5. The van der Waals surface area contributed by atoms with Crippen LogP contribution in [-0.2, 0) is 14.8 Å². The highest BCUT2D eigenvalue weighted by Crippen LogP contribution is 2.35. The number of fused-ring (bicyclic) bond motifs is 1. The summed E-state index contributed by atoms with van der Waals surface area (Å²) in [5, 5.41) is 3.54. The van der Waals surface area contributed by atoms with Crippen molar-refractivity contribution in [2.45, 2.75) is 33.2 Å². The van der Waals surface area contributed by atoms with Crippen molar-refractivity contribution in [1.29, 1.82) is 0 Å². The van der Waals surface area contributed by atoms with Crippen molar-refractivity contribution in [3.63, 3.8) is 0 Å². The Balaban J connectivity index is 1.31. The second kappa shape index (κ2) is 10.8. The van der Waals surface area contributed by atoms with Gasteiger partial charge in [0.1, 0.15) is 11.3 Å². The second-order valence-corrected chi connectivity index (χ2v) is 13.5. The van der Waals surface area contributed by atoms with Gasteiger partial charge in [0.05, 0.1) is 29.1 Å². The molecular formula is C28H34BrN7O3S. The summed E-state index contributed by atoms with van der Waals surface area (Å²) in [5.41, 5.74) is 7.73.